The van der Waals surface area contributed by atoms with E-state index in [-0.39, 0.29) is 12.1 Å². The monoisotopic (exact) mass is 291 g/mol. The summed E-state index contributed by atoms with van der Waals surface area (Å²) >= 11 is 0. The Hall–Kier alpha value is -1.39. The lowest BCUT2D eigenvalue weighted by Gasteiger charge is -2.35. The molecule has 1 heterocycles. The minimum absolute atomic E-state index is 0.0478. The maximum absolute atomic E-state index is 11.4. The van der Waals surface area contributed by atoms with E-state index in [0.717, 1.165) is 13.0 Å². The van der Waals surface area contributed by atoms with Crippen LogP contribution in [-0.2, 0) is 16.0 Å². The van der Waals surface area contributed by atoms with Crippen LogP contribution in [0, 0.1) is 5.92 Å². The maximum atomic E-state index is 11.4. The van der Waals surface area contributed by atoms with E-state index in [0.29, 0.717) is 13.2 Å². The summed E-state index contributed by atoms with van der Waals surface area (Å²) in [6, 6.07) is 8.75. The molecule has 0 radical (unpaired) electrons. The Morgan fingerprint density at radius 2 is 2.00 bits per heavy atom. The first kappa shape index (κ1) is 16.0. The summed E-state index contributed by atoms with van der Waals surface area (Å²) < 4.78 is 5.41. The molecule has 3 atom stereocenters. The average Bonchev–Trinajstić information content (AvgIpc) is 2.97. The number of hydrogen-bond acceptors (Lipinski definition) is 3. The van der Waals surface area contributed by atoms with Crippen molar-refractivity contribution in [1.82, 2.24) is 4.90 Å². The molecule has 0 spiro atoms. The van der Waals surface area contributed by atoms with Gasteiger partial charge in [0.15, 0.2) is 0 Å². The molecule has 1 aromatic carbocycles. The van der Waals surface area contributed by atoms with Crippen LogP contribution in [0.2, 0.25) is 0 Å². The van der Waals surface area contributed by atoms with Gasteiger partial charge in [-0.2, -0.15) is 0 Å². The van der Waals surface area contributed by atoms with Crippen molar-refractivity contribution < 1.29 is 14.6 Å². The molecule has 4 heteroatoms. The number of nitrogens with zero attached hydrogens (tertiary/aromatic N) is 1. The molecule has 21 heavy (non-hydrogen) atoms. The number of benzene rings is 1. The van der Waals surface area contributed by atoms with Crippen molar-refractivity contribution in [2.75, 3.05) is 19.8 Å². The van der Waals surface area contributed by atoms with Crippen molar-refractivity contribution in [2.24, 2.45) is 5.92 Å². The standard InChI is InChI=1S/C17H25NO3/c1-4-13-6-8-14(9-7-13)12(3)18(5-2)16-11-21-10-15(16)17(19)20/h6-9,12,15-16H,4-5,10-11H2,1-3H3,(H,19,20). The van der Waals surface area contributed by atoms with Crippen LogP contribution in [0.15, 0.2) is 24.3 Å². The molecular formula is C17H25NO3. The van der Waals surface area contributed by atoms with Crippen LogP contribution in [0.1, 0.15) is 37.9 Å². The molecule has 1 fully saturated rings. The Balaban J connectivity index is 2.17. The van der Waals surface area contributed by atoms with E-state index in [2.05, 4.69) is 49.9 Å². The second kappa shape index (κ2) is 7.05. The summed E-state index contributed by atoms with van der Waals surface area (Å²) in [5.74, 6) is -1.19. The van der Waals surface area contributed by atoms with Crippen LogP contribution < -0.4 is 0 Å². The Bertz CT molecular complexity index is 471. The number of likely N-dealkylation sites (N-methyl/N-ethyl adjacent to an activating group) is 1. The molecule has 0 aromatic heterocycles. The zero-order chi connectivity index (χ0) is 15.4. The van der Waals surface area contributed by atoms with Gasteiger partial charge in [0.2, 0.25) is 0 Å². The van der Waals surface area contributed by atoms with Crippen LogP contribution >= 0.6 is 0 Å². The van der Waals surface area contributed by atoms with Gasteiger partial charge in [-0.3, -0.25) is 9.69 Å². The van der Waals surface area contributed by atoms with Crippen LogP contribution in [-0.4, -0.2) is 41.8 Å². The minimum Gasteiger partial charge on any atom is -0.481 e. The molecule has 0 bridgehead atoms. The molecule has 3 unspecified atom stereocenters. The lowest BCUT2D eigenvalue weighted by Crippen LogP contribution is -2.44. The number of carbonyl (C=O) groups is 1. The Morgan fingerprint density at radius 1 is 1.33 bits per heavy atom. The van der Waals surface area contributed by atoms with Gasteiger partial charge in [-0.1, -0.05) is 38.1 Å². The molecular weight excluding hydrogens is 266 g/mol. The average molecular weight is 291 g/mol. The summed E-state index contributed by atoms with van der Waals surface area (Å²) in [6.45, 7) is 7.99. The smallest absolute Gasteiger partial charge is 0.310 e. The van der Waals surface area contributed by atoms with Crippen molar-refractivity contribution in [3.63, 3.8) is 0 Å². The predicted octanol–water partition coefficient (Wildman–Crippen LogP) is 2.73. The fourth-order valence-corrected chi connectivity index (χ4v) is 3.12. The second-order valence-electron chi connectivity index (χ2n) is 5.65. The maximum Gasteiger partial charge on any atom is 0.310 e. The minimum atomic E-state index is -0.760. The summed E-state index contributed by atoms with van der Waals surface area (Å²) in [4.78, 5) is 13.6. The van der Waals surface area contributed by atoms with Gasteiger partial charge in [-0.05, 0) is 31.0 Å². The van der Waals surface area contributed by atoms with Gasteiger partial charge in [-0.25, -0.2) is 0 Å². The zero-order valence-electron chi connectivity index (χ0n) is 13.1. The van der Waals surface area contributed by atoms with Crippen LogP contribution in [0.5, 0.6) is 0 Å². The van der Waals surface area contributed by atoms with Gasteiger partial charge in [0.25, 0.3) is 0 Å². The van der Waals surface area contributed by atoms with Crippen molar-refractivity contribution in [3.05, 3.63) is 35.4 Å². The van der Waals surface area contributed by atoms with Crippen molar-refractivity contribution in [1.29, 1.82) is 0 Å². The van der Waals surface area contributed by atoms with Crippen molar-refractivity contribution in [2.45, 2.75) is 39.3 Å². The third-order valence-corrected chi connectivity index (χ3v) is 4.53. The summed E-state index contributed by atoms with van der Waals surface area (Å²) in [6.07, 6.45) is 1.03. The largest absolute Gasteiger partial charge is 0.481 e. The van der Waals surface area contributed by atoms with E-state index in [1.54, 1.807) is 0 Å². The SMILES string of the molecule is CCc1ccc(C(C)N(CC)C2COCC2C(=O)O)cc1. The highest BCUT2D eigenvalue weighted by atomic mass is 16.5. The van der Waals surface area contributed by atoms with Crippen molar-refractivity contribution in [3.8, 4) is 0 Å². The van der Waals surface area contributed by atoms with E-state index >= 15 is 0 Å². The molecule has 0 saturated carbocycles. The van der Waals surface area contributed by atoms with E-state index < -0.39 is 11.9 Å². The lowest BCUT2D eigenvalue weighted by atomic mass is 9.97. The van der Waals surface area contributed by atoms with Gasteiger partial charge in [-0.15, -0.1) is 0 Å². The fraction of sp³-hybridized carbons (Fsp3) is 0.588. The third kappa shape index (κ3) is 3.44. The normalized spacial score (nSPS) is 23.4. The van der Waals surface area contributed by atoms with Crippen molar-refractivity contribution >= 4 is 5.97 Å². The quantitative estimate of drug-likeness (QED) is 0.875. The summed E-state index contributed by atoms with van der Waals surface area (Å²) in [5, 5.41) is 9.34. The molecule has 116 valence electrons. The van der Waals surface area contributed by atoms with Crippen LogP contribution in [0.25, 0.3) is 0 Å². The van der Waals surface area contributed by atoms with E-state index in [1.807, 2.05) is 0 Å². The number of ether oxygens (including phenoxy) is 1. The van der Waals surface area contributed by atoms with Gasteiger partial charge in [0.05, 0.1) is 19.1 Å². The van der Waals surface area contributed by atoms with Crippen LogP contribution in [0.3, 0.4) is 0 Å². The molecule has 0 amide bonds. The summed E-state index contributed by atoms with van der Waals surface area (Å²) in [7, 11) is 0. The van der Waals surface area contributed by atoms with Gasteiger partial charge in [0.1, 0.15) is 0 Å². The summed E-state index contributed by atoms with van der Waals surface area (Å²) in [5.41, 5.74) is 2.55. The third-order valence-electron chi connectivity index (χ3n) is 4.53. The molecule has 1 aromatic rings. The number of carboxylic acid groups (broad SMARTS) is 1. The van der Waals surface area contributed by atoms with E-state index in [4.69, 9.17) is 4.74 Å². The Kier molecular flexibility index (Phi) is 5.37. The van der Waals surface area contributed by atoms with Gasteiger partial charge < -0.3 is 9.84 Å². The zero-order valence-corrected chi connectivity index (χ0v) is 13.1. The topological polar surface area (TPSA) is 49.8 Å². The first-order valence-corrected chi connectivity index (χ1v) is 7.73. The molecule has 4 nitrogen and oxygen atoms in total. The van der Waals surface area contributed by atoms with Gasteiger partial charge >= 0.3 is 5.97 Å². The molecule has 1 aliphatic rings. The molecule has 1 saturated heterocycles. The first-order chi connectivity index (χ1) is 10.1. The van der Waals surface area contributed by atoms with E-state index in [9.17, 15) is 9.90 Å². The molecule has 0 aliphatic carbocycles. The van der Waals surface area contributed by atoms with Gasteiger partial charge in [0, 0.05) is 12.1 Å². The van der Waals surface area contributed by atoms with E-state index in [1.165, 1.54) is 11.1 Å². The fourth-order valence-electron chi connectivity index (χ4n) is 3.12. The second-order valence-corrected chi connectivity index (χ2v) is 5.65. The number of aryl methyl sites for hydroxylation is 1. The first-order valence-electron chi connectivity index (χ1n) is 7.73. The number of aliphatic carboxylic acids is 1. The number of carboxylic acids is 1. The predicted molar refractivity (Wildman–Crippen MR) is 82.3 cm³/mol. The highest BCUT2D eigenvalue weighted by Crippen LogP contribution is 2.29. The Labute approximate surface area is 126 Å². The Morgan fingerprint density at radius 3 is 2.52 bits per heavy atom. The highest BCUT2D eigenvalue weighted by molar-refractivity contribution is 5.71. The molecule has 1 N–H and O–H groups in total. The van der Waals surface area contributed by atoms with Crippen LogP contribution in [0.4, 0.5) is 0 Å². The number of rotatable bonds is 6. The number of hydrogen-bond donors (Lipinski definition) is 1. The molecule has 2 rings (SSSR count). The lowest BCUT2D eigenvalue weighted by molar-refractivity contribution is -0.143. The molecule has 1 aliphatic heterocycles. The highest BCUT2D eigenvalue weighted by Gasteiger charge is 2.39.